The van der Waals surface area contributed by atoms with Gasteiger partial charge >= 0.3 is 0 Å². The van der Waals surface area contributed by atoms with E-state index in [9.17, 15) is 0 Å². The minimum absolute atomic E-state index is 0.314. The molecular formula is C13H15BrCl2OS. The zero-order valence-corrected chi connectivity index (χ0v) is 13.8. The van der Waals surface area contributed by atoms with E-state index in [2.05, 4.69) is 15.9 Å². The molecular weight excluding hydrogens is 355 g/mol. The first-order chi connectivity index (χ1) is 8.65. The van der Waals surface area contributed by atoms with Gasteiger partial charge in [-0.3, -0.25) is 0 Å². The fraction of sp³-hybridized carbons (Fsp3) is 0.538. The highest BCUT2D eigenvalue weighted by Crippen LogP contribution is 2.40. The fourth-order valence-corrected chi connectivity index (χ4v) is 4.75. The average molecular weight is 370 g/mol. The van der Waals surface area contributed by atoms with Crippen molar-refractivity contribution in [3.05, 3.63) is 28.2 Å². The molecule has 0 amide bonds. The van der Waals surface area contributed by atoms with E-state index >= 15 is 0 Å². The Hall–Kier alpha value is 0.590. The van der Waals surface area contributed by atoms with Crippen molar-refractivity contribution in [1.29, 1.82) is 0 Å². The topological polar surface area (TPSA) is 9.23 Å². The van der Waals surface area contributed by atoms with Crippen molar-refractivity contribution in [2.75, 3.05) is 24.3 Å². The number of benzene rings is 1. The molecule has 1 aliphatic rings. The van der Waals surface area contributed by atoms with Crippen LogP contribution in [-0.2, 0) is 4.74 Å². The second-order valence-corrected chi connectivity index (χ2v) is 7.03. The fourth-order valence-electron chi connectivity index (χ4n) is 1.94. The van der Waals surface area contributed by atoms with Crippen molar-refractivity contribution >= 4 is 50.9 Å². The largest absolute Gasteiger partial charge is 0.381 e. The van der Waals surface area contributed by atoms with E-state index in [0.29, 0.717) is 5.41 Å². The molecule has 1 aliphatic heterocycles. The minimum Gasteiger partial charge on any atom is -0.381 e. The van der Waals surface area contributed by atoms with Crippen molar-refractivity contribution in [2.45, 2.75) is 17.7 Å². The van der Waals surface area contributed by atoms with Crippen molar-refractivity contribution < 1.29 is 4.74 Å². The van der Waals surface area contributed by atoms with Gasteiger partial charge in [0.2, 0.25) is 0 Å². The Morgan fingerprint density at radius 3 is 2.67 bits per heavy atom. The monoisotopic (exact) mass is 368 g/mol. The summed E-state index contributed by atoms with van der Waals surface area (Å²) in [7, 11) is 0. The van der Waals surface area contributed by atoms with Crippen molar-refractivity contribution in [3.8, 4) is 0 Å². The van der Waals surface area contributed by atoms with Gasteiger partial charge < -0.3 is 4.74 Å². The van der Waals surface area contributed by atoms with Gasteiger partial charge in [-0.1, -0.05) is 39.1 Å². The Balaban J connectivity index is 2.03. The van der Waals surface area contributed by atoms with Gasteiger partial charge in [0.05, 0.1) is 5.02 Å². The summed E-state index contributed by atoms with van der Waals surface area (Å²) in [4.78, 5) is 1.07. The molecule has 5 heteroatoms. The van der Waals surface area contributed by atoms with Crippen molar-refractivity contribution in [2.24, 2.45) is 5.41 Å². The predicted octanol–water partition coefficient (Wildman–Crippen LogP) is 5.28. The SMILES string of the molecule is Clc1ccc(Cl)c(SCC2(CBr)CCOCC2)c1. The van der Waals surface area contributed by atoms with Crippen LogP contribution in [0.1, 0.15) is 12.8 Å². The van der Waals surface area contributed by atoms with Crippen molar-refractivity contribution in [1.82, 2.24) is 0 Å². The highest BCUT2D eigenvalue weighted by molar-refractivity contribution is 9.09. The average Bonchev–Trinajstić information content (AvgIpc) is 2.41. The van der Waals surface area contributed by atoms with Crippen LogP contribution in [0.2, 0.25) is 10.0 Å². The van der Waals surface area contributed by atoms with Crippen LogP contribution in [0.25, 0.3) is 0 Å². The Bertz CT molecular complexity index is 408. The number of rotatable bonds is 4. The normalized spacial score (nSPS) is 18.8. The number of hydrogen-bond donors (Lipinski definition) is 0. The molecule has 0 radical (unpaired) electrons. The molecule has 0 aliphatic carbocycles. The standard InChI is InChI=1S/C13H15BrCl2OS/c14-8-13(3-5-17-6-4-13)9-18-12-7-10(15)1-2-11(12)16/h1-2,7H,3-6,8-9H2. The van der Waals surface area contributed by atoms with Crippen LogP contribution in [-0.4, -0.2) is 24.3 Å². The molecule has 0 bridgehead atoms. The molecule has 1 nitrogen and oxygen atoms in total. The summed E-state index contributed by atoms with van der Waals surface area (Å²) in [5.74, 6) is 1.04. The van der Waals surface area contributed by atoms with E-state index in [0.717, 1.165) is 52.1 Å². The predicted molar refractivity (Wildman–Crippen MR) is 83.5 cm³/mol. The summed E-state index contributed by atoms with van der Waals surface area (Å²) in [5, 5.41) is 2.53. The van der Waals surface area contributed by atoms with E-state index in [1.54, 1.807) is 11.8 Å². The maximum absolute atomic E-state index is 6.19. The maximum atomic E-state index is 6.19. The molecule has 1 aromatic rings. The summed E-state index contributed by atoms with van der Waals surface area (Å²) in [6.45, 7) is 1.71. The highest BCUT2D eigenvalue weighted by Gasteiger charge is 2.31. The van der Waals surface area contributed by atoms with Crippen LogP contribution in [0.3, 0.4) is 0 Å². The maximum Gasteiger partial charge on any atom is 0.0542 e. The Labute approximate surface area is 131 Å². The number of halogens is 3. The highest BCUT2D eigenvalue weighted by atomic mass is 79.9. The Morgan fingerprint density at radius 1 is 1.28 bits per heavy atom. The molecule has 0 saturated carbocycles. The van der Waals surface area contributed by atoms with Crippen LogP contribution < -0.4 is 0 Å². The molecule has 100 valence electrons. The first-order valence-electron chi connectivity index (χ1n) is 5.87. The van der Waals surface area contributed by atoms with Crippen LogP contribution in [0.4, 0.5) is 0 Å². The van der Waals surface area contributed by atoms with Crippen LogP contribution in [0.5, 0.6) is 0 Å². The lowest BCUT2D eigenvalue weighted by Crippen LogP contribution is -2.33. The summed E-state index contributed by atoms with van der Waals surface area (Å²) >= 11 is 17.6. The molecule has 0 N–H and O–H groups in total. The quantitative estimate of drug-likeness (QED) is 0.527. The zero-order valence-electron chi connectivity index (χ0n) is 9.93. The third-order valence-electron chi connectivity index (χ3n) is 3.26. The van der Waals surface area contributed by atoms with E-state index < -0.39 is 0 Å². The zero-order chi connectivity index (χ0) is 13.0. The molecule has 1 aromatic carbocycles. The molecule has 0 spiro atoms. The van der Waals surface area contributed by atoms with Gasteiger partial charge in [0, 0.05) is 34.2 Å². The van der Waals surface area contributed by atoms with Gasteiger partial charge in [-0.25, -0.2) is 0 Å². The first-order valence-corrected chi connectivity index (χ1v) is 8.73. The van der Waals surface area contributed by atoms with Crippen molar-refractivity contribution in [3.63, 3.8) is 0 Å². The molecule has 1 saturated heterocycles. The lowest BCUT2D eigenvalue weighted by atomic mass is 9.85. The Morgan fingerprint density at radius 2 is 2.00 bits per heavy atom. The van der Waals surface area contributed by atoms with Crippen LogP contribution >= 0.6 is 50.9 Å². The summed E-state index contributed by atoms with van der Waals surface area (Å²) in [5.41, 5.74) is 0.314. The number of hydrogen-bond acceptors (Lipinski definition) is 2. The van der Waals surface area contributed by atoms with E-state index in [4.69, 9.17) is 27.9 Å². The Kier molecular flexibility index (Phi) is 5.70. The van der Waals surface area contributed by atoms with Crippen LogP contribution in [0, 0.1) is 5.41 Å². The second kappa shape index (κ2) is 6.85. The number of alkyl halides is 1. The lowest BCUT2D eigenvalue weighted by Gasteiger charge is -2.35. The molecule has 0 aromatic heterocycles. The third kappa shape index (κ3) is 3.80. The molecule has 1 fully saturated rings. The minimum atomic E-state index is 0.314. The first kappa shape index (κ1) is 15.0. The summed E-state index contributed by atoms with van der Waals surface area (Å²) < 4.78 is 5.44. The molecule has 1 heterocycles. The molecule has 0 unspecified atom stereocenters. The molecule has 18 heavy (non-hydrogen) atoms. The van der Waals surface area contributed by atoms with E-state index in [-0.39, 0.29) is 0 Å². The van der Waals surface area contributed by atoms with E-state index in [1.807, 2.05) is 18.2 Å². The summed E-state index contributed by atoms with van der Waals surface area (Å²) in [6.07, 6.45) is 2.20. The van der Waals surface area contributed by atoms with Gasteiger partial charge in [-0.2, -0.15) is 0 Å². The van der Waals surface area contributed by atoms with Gasteiger partial charge in [0.25, 0.3) is 0 Å². The molecule has 0 atom stereocenters. The van der Waals surface area contributed by atoms with E-state index in [1.165, 1.54) is 0 Å². The van der Waals surface area contributed by atoms with Gasteiger partial charge in [0.1, 0.15) is 0 Å². The number of thioether (sulfide) groups is 1. The molecule has 2 rings (SSSR count). The third-order valence-corrected chi connectivity index (χ3v) is 6.54. The van der Waals surface area contributed by atoms with Gasteiger partial charge in [-0.05, 0) is 36.5 Å². The van der Waals surface area contributed by atoms with Gasteiger partial charge in [-0.15, -0.1) is 11.8 Å². The smallest absolute Gasteiger partial charge is 0.0542 e. The van der Waals surface area contributed by atoms with Gasteiger partial charge in [0.15, 0.2) is 0 Å². The second-order valence-electron chi connectivity index (χ2n) is 4.61. The van der Waals surface area contributed by atoms with Crippen LogP contribution in [0.15, 0.2) is 23.1 Å². The number of ether oxygens (including phenoxy) is 1. The summed E-state index contributed by atoms with van der Waals surface area (Å²) in [6, 6.07) is 5.62. The lowest BCUT2D eigenvalue weighted by molar-refractivity contribution is 0.0374.